The minimum absolute atomic E-state index is 0.150. The number of benzene rings is 2. The zero-order valence-corrected chi connectivity index (χ0v) is 12.0. The zero-order valence-electron chi connectivity index (χ0n) is 10.4. The van der Waals surface area contributed by atoms with Gasteiger partial charge in [-0.25, -0.2) is 0 Å². The lowest BCUT2D eigenvalue weighted by Crippen LogP contribution is -2.07. The van der Waals surface area contributed by atoms with E-state index < -0.39 is 0 Å². The quantitative estimate of drug-likeness (QED) is 0.866. The van der Waals surface area contributed by atoms with Gasteiger partial charge in [0.05, 0.1) is 0 Å². The first-order valence-corrected chi connectivity index (χ1v) is 6.67. The molecule has 0 bridgehead atoms. The smallest absolute Gasteiger partial charge is 0.115 e. The molecule has 1 unspecified atom stereocenters. The van der Waals surface area contributed by atoms with Crippen LogP contribution in [0.2, 0.25) is 0 Å². The summed E-state index contributed by atoms with van der Waals surface area (Å²) in [5.41, 5.74) is 3.36. The van der Waals surface area contributed by atoms with Crippen molar-refractivity contribution in [1.29, 1.82) is 0 Å². The van der Waals surface area contributed by atoms with Crippen molar-refractivity contribution in [2.45, 2.75) is 19.9 Å². The molecule has 0 aliphatic rings. The van der Waals surface area contributed by atoms with Crippen molar-refractivity contribution < 1.29 is 5.11 Å². The van der Waals surface area contributed by atoms with E-state index in [1.165, 1.54) is 5.56 Å². The number of halogens is 1. The first-order valence-electron chi connectivity index (χ1n) is 5.88. The molecule has 0 spiro atoms. The largest absolute Gasteiger partial charge is 0.508 e. The van der Waals surface area contributed by atoms with E-state index in [4.69, 9.17) is 0 Å². The highest BCUT2D eigenvalue weighted by Gasteiger charge is 2.07. The van der Waals surface area contributed by atoms with Crippen LogP contribution in [-0.4, -0.2) is 5.11 Å². The van der Waals surface area contributed by atoms with Gasteiger partial charge in [0.15, 0.2) is 0 Å². The number of phenolic OH excluding ortho intramolecular Hbond substituents is 1. The average molecular weight is 306 g/mol. The normalized spacial score (nSPS) is 12.2. The molecule has 94 valence electrons. The molecule has 0 aromatic heterocycles. The molecule has 2 N–H and O–H groups in total. The van der Waals surface area contributed by atoms with Crippen molar-refractivity contribution in [3.05, 3.63) is 58.1 Å². The molecule has 0 radical (unpaired) electrons. The SMILES string of the molecule is Cc1cc(Br)ccc1NC(C)c1cccc(O)c1. The van der Waals surface area contributed by atoms with Gasteiger partial charge in [0.25, 0.3) is 0 Å². The Bertz CT molecular complexity index is 554. The fraction of sp³-hybridized carbons (Fsp3) is 0.200. The molecular weight excluding hydrogens is 290 g/mol. The van der Waals surface area contributed by atoms with E-state index >= 15 is 0 Å². The Labute approximate surface area is 116 Å². The van der Waals surface area contributed by atoms with Gasteiger partial charge in [-0.1, -0.05) is 28.1 Å². The molecule has 1 atom stereocenters. The summed E-state index contributed by atoms with van der Waals surface area (Å²) in [6.07, 6.45) is 0. The number of rotatable bonds is 3. The summed E-state index contributed by atoms with van der Waals surface area (Å²) in [7, 11) is 0. The number of anilines is 1. The summed E-state index contributed by atoms with van der Waals surface area (Å²) in [4.78, 5) is 0. The molecule has 2 rings (SSSR count). The fourth-order valence-electron chi connectivity index (χ4n) is 1.90. The van der Waals surface area contributed by atoms with Crippen LogP contribution >= 0.6 is 15.9 Å². The highest BCUT2D eigenvalue weighted by atomic mass is 79.9. The minimum atomic E-state index is 0.150. The van der Waals surface area contributed by atoms with Gasteiger partial charge in [0, 0.05) is 16.2 Å². The maximum atomic E-state index is 9.49. The molecule has 2 aromatic carbocycles. The molecule has 18 heavy (non-hydrogen) atoms. The van der Waals surface area contributed by atoms with Crippen molar-refractivity contribution >= 4 is 21.6 Å². The predicted molar refractivity (Wildman–Crippen MR) is 79.0 cm³/mol. The number of aromatic hydroxyl groups is 1. The van der Waals surface area contributed by atoms with Crippen LogP contribution < -0.4 is 5.32 Å². The molecule has 0 saturated carbocycles. The van der Waals surface area contributed by atoms with Crippen LogP contribution in [0.3, 0.4) is 0 Å². The molecule has 0 aliphatic carbocycles. The van der Waals surface area contributed by atoms with Crippen LogP contribution in [0.15, 0.2) is 46.9 Å². The Morgan fingerprint density at radius 1 is 1.17 bits per heavy atom. The van der Waals surface area contributed by atoms with Crippen LogP contribution in [0.4, 0.5) is 5.69 Å². The lowest BCUT2D eigenvalue weighted by atomic mass is 10.1. The summed E-state index contributed by atoms with van der Waals surface area (Å²) in [6.45, 7) is 4.15. The van der Waals surface area contributed by atoms with Gasteiger partial charge in [-0.05, 0) is 55.3 Å². The summed E-state index contributed by atoms with van der Waals surface area (Å²) in [5.74, 6) is 0.300. The molecule has 0 heterocycles. The van der Waals surface area contributed by atoms with Gasteiger partial charge in [0.2, 0.25) is 0 Å². The molecular formula is C15H16BrNO. The van der Waals surface area contributed by atoms with Gasteiger partial charge in [0.1, 0.15) is 5.75 Å². The van der Waals surface area contributed by atoms with Crippen molar-refractivity contribution in [3.63, 3.8) is 0 Å². The van der Waals surface area contributed by atoms with Crippen LogP contribution in [0.25, 0.3) is 0 Å². The monoisotopic (exact) mass is 305 g/mol. The Kier molecular flexibility index (Phi) is 3.92. The molecule has 2 aromatic rings. The average Bonchev–Trinajstić information content (AvgIpc) is 2.32. The second kappa shape index (κ2) is 5.44. The molecule has 2 nitrogen and oxygen atoms in total. The lowest BCUT2D eigenvalue weighted by Gasteiger charge is -2.17. The van der Waals surface area contributed by atoms with E-state index in [9.17, 15) is 5.11 Å². The first kappa shape index (κ1) is 13.0. The number of hydrogen-bond donors (Lipinski definition) is 2. The van der Waals surface area contributed by atoms with E-state index in [0.717, 1.165) is 15.7 Å². The van der Waals surface area contributed by atoms with Crippen LogP contribution in [-0.2, 0) is 0 Å². The lowest BCUT2D eigenvalue weighted by molar-refractivity contribution is 0.474. The van der Waals surface area contributed by atoms with E-state index in [1.54, 1.807) is 12.1 Å². The van der Waals surface area contributed by atoms with Gasteiger partial charge in [-0.2, -0.15) is 0 Å². The van der Waals surface area contributed by atoms with E-state index in [0.29, 0.717) is 5.75 Å². The Balaban J connectivity index is 2.18. The van der Waals surface area contributed by atoms with Crippen LogP contribution in [0.5, 0.6) is 5.75 Å². The second-order valence-electron chi connectivity index (χ2n) is 4.42. The Morgan fingerprint density at radius 3 is 2.61 bits per heavy atom. The van der Waals surface area contributed by atoms with E-state index in [-0.39, 0.29) is 6.04 Å². The van der Waals surface area contributed by atoms with Crippen molar-refractivity contribution in [2.75, 3.05) is 5.32 Å². The minimum Gasteiger partial charge on any atom is -0.508 e. The van der Waals surface area contributed by atoms with Crippen molar-refractivity contribution in [2.24, 2.45) is 0 Å². The van der Waals surface area contributed by atoms with Crippen LogP contribution in [0, 0.1) is 6.92 Å². The molecule has 3 heteroatoms. The third-order valence-electron chi connectivity index (χ3n) is 2.93. The molecule has 0 aliphatic heterocycles. The van der Waals surface area contributed by atoms with Gasteiger partial charge < -0.3 is 10.4 Å². The van der Waals surface area contributed by atoms with E-state index in [2.05, 4.69) is 47.2 Å². The first-order chi connectivity index (χ1) is 8.56. The number of phenols is 1. The topological polar surface area (TPSA) is 32.3 Å². The highest BCUT2D eigenvalue weighted by molar-refractivity contribution is 9.10. The number of hydrogen-bond acceptors (Lipinski definition) is 2. The van der Waals surface area contributed by atoms with Gasteiger partial charge in [-0.3, -0.25) is 0 Å². The van der Waals surface area contributed by atoms with Crippen molar-refractivity contribution in [1.82, 2.24) is 0 Å². The standard InChI is InChI=1S/C15H16BrNO/c1-10-8-13(16)6-7-15(10)17-11(2)12-4-3-5-14(18)9-12/h3-9,11,17-18H,1-2H3. The Hall–Kier alpha value is -1.48. The number of aryl methyl sites for hydroxylation is 1. The molecule has 0 saturated heterocycles. The van der Waals surface area contributed by atoms with Gasteiger partial charge in [-0.15, -0.1) is 0 Å². The third-order valence-corrected chi connectivity index (χ3v) is 3.42. The third kappa shape index (κ3) is 3.05. The highest BCUT2D eigenvalue weighted by Crippen LogP contribution is 2.26. The summed E-state index contributed by atoms with van der Waals surface area (Å²) in [6, 6.07) is 13.6. The zero-order chi connectivity index (χ0) is 13.1. The van der Waals surface area contributed by atoms with E-state index in [1.807, 2.05) is 18.2 Å². The maximum Gasteiger partial charge on any atom is 0.115 e. The number of nitrogens with one attached hydrogen (secondary N) is 1. The Morgan fingerprint density at radius 2 is 1.94 bits per heavy atom. The van der Waals surface area contributed by atoms with Crippen LogP contribution in [0.1, 0.15) is 24.1 Å². The second-order valence-corrected chi connectivity index (χ2v) is 5.34. The van der Waals surface area contributed by atoms with Crippen molar-refractivity contribution in [3.8, 4) is 5.75 Å². The fourth-order valence-corrected chi connectivity index (χ4v) is 2.38. The van der Waals surface area contributed by atoms with Gasteiger partial charge >= 0.3 is 0 Å². The summed E-state index contributed by atoms with van der Waals surface area (Å²) >= 11 is 3.46. The maximum absolute atomic E-state index is 9.49. The molecule has 0 fully saturated rings. The molecule has 0 amide bonds. The predicted octanol–water partition coefficient (Wildman–Crippen LogP) is 4.64. The summed E-state index contributed by atoms with van der Waals surface area (Å²) < 4.78 is 1.08. The summed E-state index contributed by atoms with van der Waals surface area (Å²) in [5, 5.41) is 12.9.